The van der Waals surface area contributed by atoms with Crippen LogP contribution in [-0.4, -0.2) is 36.8 Å². The number of nitrogens with one attached hydrogen (secondary N) is 1. The van der Waals surface area contributed by atoms with Crippen molar-refractivity contribution in [1.82, 2.24) is 19.9 Å². The number of rotatable bonds is 8. The van der Waals surface area contributed by atoms with Crippen molar-refractivity contribution in [1.29, 1.82) is 0 Å². The SMILES string of the molecule is O=C(CCSC(=S)NCc1cccnc1)c1cn(CC(F)F)c2ncccc12. The van der Waals surface area contributed by atoms with Crippen LogP contribution in [0.1, 0.15) is 22.3 Å². The first-order valence-electron chi connectivity index (χ1n) is 8.59. The van der Waals surface area contributed by atoms with Gasteiger partial charge in [-0.1, -0.05) is 30.0 Å². The average molecular weight is 421 g/mol. The van der Waals surface area contributed by atoms with Gasteiger partial charge >= 0.3 is 0 Å². The Balaban J connectivity index is 1.55. The molecular formula is C19H18F2N4OS2. The molecule has 0 unspecified atom stereocenters. The molecule has 9 heteroatoms. The number of Topliss-reactive ketones (excluding diaryl/α,β-unsaturated/α-hetero) is 1. The van der Waals surface area contributed by atoms with Gasteiger partial charge in [-0.2, -0.15) is 0 Å². The fourth-order valence-corrected chi connectivity index (χ4v) is 3.70. The molecule has 0 radical (unpaired) electrons. The first-order chi connectivity index (χ1) is 13.5. The Bertz CT molecular complexity index is 963. The quantitative estimate of drug-likeness (QED) is 0.438. The Morgan fingerprint density at radius 1 is 1.29 bits per heavy atom. The predicted octanol–water partition coefficient (Wildman–Crippen LogP) is 4.08. The van der Waals surface area contributed by atoms with Crippen molar-refractivity contribution >= 4 is 45.1 Å². The largest absolute Gasteiger partial charge is 0.367 e. The number of thioether (sulfide) groups is 1. The maximum Gasteiger partial charge on any atom is 0.256 e. The molecule has 1 N–H and O–H groups in total. The summed E-state index contributed by atoms with van der Waals surface area (Å²) in [5.74, 6) is 0.382. The minimum Gasteiger partial charge on any atom is -0.367 e. The molecule has 0 bridgehead atoms. The van der Waals surface area contributed by atoms with Crippen molar-refractivity contribution in [3.8, 4) is 0 Å². The Morgan fingerprint density at radius 2 is 2.11 bits per heavy atom. The lowest BCUT2D eigenvalue weighted by molar-refractivity contribution is 0.0989. The van der Waals surface area contributed by atoms with Crippen molar-refractivity contribution in [3.63, 3.8) is 0 Å². The van der Waals surface area contributed by atoms with Crippen LogP contribution >= 0.6 is 24.0 Å². The minimum absolute atomic E-state index is 0.117. The topological polar surface area (TPSA) is 59.8 Å². The molecular weight excluding hydrogens is 402 g/mol. The fraction of sp³-hybridized carbons (Fsp3) is 0.263. The molecule has 3 rings (SSSR count). The number of alkyl halides is 2. The number of fused-ring (bicyclic) bond motifs is 1. The number of aromatic nitrogens is 3. The van der Waals surface area contributed by atoms with E-state index < -0.39 is 13.0 Å². The molecule has 0 saturated carbocycles. The van der Waals surface area contributed by atoms with E-state index in [-0.39, 0.29) is 12.2 Å². The summed E-state index contributed by atoms with van der Waals surface area (Å²) >= 11 is 6.65. The normalized spacial score (nSPS) is 11.1. The maximum absolute atomic E-state index is 12.8. The van der Waals surface area contributed by atoms with Crippen LogP contribution in [0, 0.1) is 0 Å². The smallest absolute Gasteiger partial charge is 0.256 e. The number of ketones is 1. The van der Waals surface area contributed by atoms with Crippen molar-refractivity contribution in [2.45, 2.75) is 25.9 Å². The molecule has 0 aliphatic carbocycles. The molecule has 0 aromatic carbocycles. The van der Waals surface area contributed by atoms with Gasteiger partial charge in [0.1, 0.15) is 9.97 Å². The van der Waals surface area contributed by atoms with Crippen LogP contribution in [0.4, 0.5) is 8.78 Å². The second-order valence-corrected chi connectivity index (χ2v) is 7.76. The van der Waals surface area contributed by atoms with Crippen molar-refractivity contribution in [2.75, 3.05) is 5.75 Å². The summed E-state index contributed by atoms with van der Waals surface area (Å²) in [6, 6.07) is 7.22. The molecule has 0 spiro atoms. The summed E-state index contributed by atoms with van der Waals surface area (Å²) in [6.45, 7) is 0.0816. The van der Waals surface area contributed by atoms with Gasteiger partial charge in [0, 0.05) is 54.5 Å². The third-order valence-corrected chi connectivity index (χ3v) is 5.30. The van der Waals surface area contributed by atoms with Gasteiger partial charge in [0.2, 0.25) is 0 Å². The Kier molecular flexibility index (Phi) is 7.05. The molecule has 5 nitrogen and oxygen atoms in total. The van der Waals surface area contributed by atoms with Gasteiger partial charge in [0.15, 0.2) is 5.78 Å². The van der Waals surface area contributed by atoms with Crippen molar-refractivity contribution in [2.24, 2.45) is 0 Å². The van der Waals surface area contributed by atoms with Gasteiger partial charge in [0.25, 0.3) is 6.43 Å². The number of hydrogen-bond acceptors (Lipinski definition) is 5. The van der Waals surface area contributed by atoms with Gasteiger partial charge < -0.3 is 9.88 Å². The van der Waals surface area contributed by atoms with Crippen LogP contribution in [0.15, 0.2) is 49.1 Å². The zero-order valence-corrected chi connectivity index (χ0v) is 16.5. The van der Waals surface area contributed by atoms with Gasteiger partial charge in [-0.05, 0) is 23.8 Å². The number of carbonyl (C=O) groups excluding carboxylic acids is 1. The Labute approximate surface area is 170 Å². The van der Waals surface area contributed by atoms with Crippen LogP contribution in [0.2, 0.25) is 0 Å². The highest BCUT2D eigenvalue weighted by Gasteiger charge is 2.17. The molecule has 146 valence electrons. The molecule has 0 aliphatic heterocycles. The summed E-state index contributed by atoms with van der Waals surface area (Å²) in [5.41, 5.74) is 1.83. The molecule has 0 saturated heterocycles. The number of nitrogens with zero attached hydrogens (tertiary/aromatic N) is 3. The highest BCUT2D eigenvalue weighted by Crippen LogP contribution is 2.22. The molecule has 3 aromatic rings. The fourth-order valence-electron chi connectivity index (χ4n) is 2.73. The summed E-state index contributed by atoms with van der Waals surface area (Å²) in [6.07, 6.45) is 4.20. The third-order valence-electron chi connectivity index (χ3n) is 3.99. The highest BCUT2D eigenvalue weighted by molar-refractivity contribution is 8.22. The molecule has 0 aliphatic rings. The van der Waals surface area contributed by atoms with Crippen molar-refractivity contribution < 1.29 is 13.6 Å². The number of carbonyl (C=O) groups is 1. The van der Waals surface area contributed by atoms with Crippen LogP contribution < -0.4 is 5.32 Å². The maximum atomic E-state index is 12.8. The standard InChI is InChI=1S/C19H18F2N4OS2/c20-17(21)12-25-11-15(14-4-2-7-23-18(14)25)16(26)5-8-28-19(27)24-10-13-3-1-6-22-9-13/h1-4,6-7,9,11,17H,5,8,10,12H2,(H,24,27). The third kappa shape index (κ3) is 5.32. The van der Waals surface area contributed by atoms with Crippen molar-refractivity contribution in [3.05, 3.63) is 60.2 Å². The Morgan fingerprint density at radius 3 is 2.86 bits per heavy atom. The lowest BCUT2D eigenvalue weighted by atomic mass is 10.1. The van der Waals surface area contributed by atoms with E-state index in [1.807, 2.05) is 12.1 Å². The summed E-state index contributed by atoms with van der Waals surface area (Å²) < 4.78 is 27.5. The van der Waals surface area contributed by atoms with E-state index in [1.54, 1.807) is 24.5 Å². The van der Waals surface area contributed by atoms with E-state index in [2.05, 4.69) is 15.3 Å². The van der Waals surface area contributed by atoms with E-state index in [4.69, 9.17) is 12.2 Å². The molecule has 0 fully saturated rings. The molecule has 28 heavy (non-hydrogen) atoms. The van der Waals surface area contributed by atoms with E-state index in [0.29, 0.717) is 33.2 Å². The number of pyridine rings is 2. The van der Waals surface area contributed by atoms with Crippen LogP contribution in [0.25, 0.3) is 11.0 Å². The van der Waals surface area contributed by atoms with E-state index in [1.165, 1.54) is 28.7 Å². The van der Waals surface area contributed by atoms with E-state index in [9.17, 15) is 13.6 Å². The minimum atomic E-state index is -2.51. The number of halogens is 2. The van der Waals surface area contributed by atoms with Gasteiger partial charge in [-0.3, -0.25) is 9.78 Å². The van der Waals surface area contributed by atoms with Crippen LogP contribution in [0.3, 0.4) is 0 Å². The highest BCUT2D eigenvalue weighted by atomic mass is 32.2. The molecule has 0 amide bonds. The predicted molar refractivity (Wildman–Crippen MR) is 111 cm³/mol. The molecule has 3 heterocycles. The molecule has 0 atom stereocenters. The first-order valence-corrected chi connectivity index (χ1v) is 9.98. The summed E-state index contributed by atoms with van der Waals surface area (Å²) in [4.78, 5) is 20.8. The van der Waals surface area contributed by atoms with Crippen LogP contribution in [0.5, 0.6) is 0 Å². The Hall–Kier alpha value is -2.39. The zero-order valence-electron chi connectivity index (χ0n) is 14.8. The monoisotopic (exact) mass is 420 g/mol. The van der Waals surface area contributed by atoms with Gasteiger partial charge in [-0.25, -0.2) is 13.8 Å². The second-order valence-electron chi connectivity index (χ2n) is 5.98. The summed E-state index contributed by atoms with van der Waals surface area (Å²) in [5, 5.41) is 3.71. The van der Waals surface area contributed by atoms with Gasteiger partial charge in [0.05, 0.1) is 6.54 Å². The van der Waals surface area contributed by atoms with Gasteiger partial charge in [-0.15, -0.1) is 0 Å². The average Bonchev–Trinajstić information content (AvgIpc) is 3.05. The van der Waals surface area contributed by atoms with E-state index >= 15 is 0 Å². The first kappa shape index (κ1) is 20.3. The second kappa shape index (κ2) is 9.70. The number of thiocarbonyl (C=S) groups is 1. The lowest BCUT2D eigenvalue weighted by Crippen LogP contribution is -2.18. The molecule has 3 aromatic heterocycles. The van der Waals surface area contributed by atoms with E-state index in [0.717, 1.165) is 5.56 Å². The number of hydrogen-bond donors (Lipinski definition) is 1. The lowest BCUT2D eigenvalue weighted by Gasteiger charge is -2.07. The zero-order chi connectivity index (χ0) is 19.9. The van der Waals surface area contributed by atoms with Crippen LogP contribution in [-0.2, 0) is 13.1 Å². The summed E-state index contributed by atoms with van der Waals surface area (Å²) in [7, 11) is 0.